The lowest BCUT2D eigenvalue weighted by Gasteiger charge is -2.20. The molecule has 2 N–H and O–H groups in total. The second-order valence-electron chi connectivity index (χ2n) is 8.15. The van der Waals surface area contributed by atoms with Gasteiger partial charge in [-0.1, -0.05) is 6.07 Å². The maximum Gasteiger partial charge on any atom is 0.355 e. The Morgan fingerprint density at radius 3 is 1.58 bits per heavy atom. The zero-order valence-electron chi connectivity index (χ0n) is 19.1. The van der Waals surface area contributed by atoms with Gasteiger partial charge in [0.2, 0.25) is 11.8 Å². The number of rotatable bonds is 6. The number of nitrogens with zero attached hydrogens (tertiary/aromatic N) is 4. The molecule has 2 saturated heterocycles. The second-order valence-corrected chi connectivity index (χ2v) is 8.15. The fourth-order valence-electron chi connectivity index (χ4n) is 4.61. The van der Waals surface area contributed by atoms with Crippen molar-refractivity contribution in [3.05, 3.63) is 24.3 Å². The van der Waals surface area contributed by atoms with E-state index in [1.54, 1.807) is 13.8 Å². The minimum absolute atomic E-state index is 0.0699. The zero-order valence-corrected chi connectivity index (χ0v) is 19.1. The molecule has 186 valence electrons. The first-order valence-electron chi connectivity index (χ1n) is 11.2. The van der Waals surface area contributed by atoms with Crippen LogP contribution in [-0.2, 0) is 38.2 Å². The van der Waals surface area contributed by atoms with E-state index < -0.39 is 59.5 Å². The second kappa shape index (κ2) is 8.55. The van der Waals surface area contributed by atoms with Gasteiger partial charge in [0.1, 0.15) is 23.9 Å². The van der Waals surface area contributed by atoms with Crippen LogP contribution in [0.25, 0.3) is 0 Å². The van der Waals surface area contributed by atoms with Gasteiger partial charge in [0.15, 0.2) is 11.4 Å². The third kappa shape index (κ3) is 3.25. The van der Waals surface area contributed by atoms with Crippen LogP contribution in [0, 0.1) is 11.8 Å². The van der Waals surface area contributed by atoms with E-state index >= 15 is 0 Å². The Balaban J connectivity index is 1.42. The molecule has 4 aliphatic rings. The predicted octanol–water partition coefficient (Wildman–Crippen LogP) is -1.55. The number of amides is 4. The minimum Gasteiger partial charge on any atom is -0.461 e. The van der Waals surface area contributed by atoms with E-state index in [1.165, 1.54) is 24.3 Å². The summed E-state index contributed by atoms with van der Waals surface area (Å²) >= 11 is 0. The summed E-state index contributed by atoms with van der Waals surface area (Å²) in [6.07, 6.45) is 0. The van der Waals surface area contributed by atoms with E-state index in [2.05, 4.69) is 21.1 Å². The molecule has 4 aliphatic heterocycles. The average Bonchev–Trinajstić information content (AvgIpc) is 3.59. The standard InChI is InChI=1S/C22H20N6O8/c1-3-35-21(33)15-11-13(23-25-15)19(31)27(17(11)29)9-6-5-7-10(8-9)28-18(30)12-14(20(28)32)24-26-16(12)22(34)36-4-2/h5-8,11-14,23-24H,3-4H2,1-2H3/t11-,12-,13+,14+/m1/s1. The highest BCUT2D eigenvalue weighted by molar-refractivity contribution is 6.47. The highest BCUT2D eigenvalue weighted by Gasteiger charge is 2.57. The Labute approximate surface area is 203 Å². The van der Waals surface area contributed by atoms with Crippen molar-refractivity contribution in [2.45, 2.75) is 25.9 Å². The molecular weight excluding hydrogens is 476 g/mol. The number of carbonyl (C=O) groups is 6. The lowest BCUT2D eigenvalue weighted by molar-refractivity contribution is -0.136. The number of fused-ring (bicyclic) bond motifs is 2. The lowest BCUT2D eigenvalue weighted by atomic mass is 9.99. The number of carbonyl (C=O) groups excluding carboxylic acids is 6. The fourth-order valence-corrected chi connectivity index (χ4v) is 4.61. The summed E-state index contributed by atoms with van der Waals surface area (Å²) in [4.78, 5) is 78.5. The van der Waals surface area contributed by atoms with Crippen LogP contribution in [0.2, 0.25) is 0 Å². The van der Waals surface area contributed by atoms with Gasteiger partial charge in [0.05, 0.1) is 24.6 Å². The normalized spacial score (nSPS) is 26.3. The Morgan fingerprint density at radius 2 is 1.19 bits per heavy atom. The van der Waals surface area contributed by atoms with Crippen molar-refractivity contribution >= 4 is 58.4 Å². The SMILES string of the molecule is CCOC(=O)C1=NN[C@@H]2C(=O)N(c3cccc(N4C(=O)[C@H]5C(C(=O)OCC)=NN[C@@H]5C4=O)c3)C(=O)[C@@H]12. The van der Waals surface area contributed by atoms with E-state index in [0.717, 1.165) is 9.80 Å². The van der Waals surface area contributed by atoms with Gasteiger partial charge < -0.3 is 9.47 Å². The van der Waals surface area contributed by atoms with Gasteiger partial charge in [-0.25, -0.2) is 19.4 Å². The molecule has 14 nitrogen and oxygen atoms in total. The molecule has 0 spiro atoms. The van der Waals surface area contributed by atoms with Gasteiger partial charge in [-0.2, -0.15) is 10.2 Å². The Hall–Kier alpha value is -4.62. The van der Waals surface area contributed by atoms with Crippen molar-refractivity contribution in [1.29, 1.82) is 0 Å². The van der Waals surface area contributed by atoms with E-state index in [1.807, 2.05) is 0 Å². The molecule has 0 radical (unpaired) electrons. The van der Waals surface area contributed by atoms with Gasteiger partial charge in [-0.05, 0) is 32.0 Å². The fraction of sp³-hybridized carbons (Fsp3) is 0.364. The molecule has 4 amide bonds. The number of esters is 2. The van der Waals surface area contributed by atoms with E-state index in [-0.39, 0.29) is 36.0 Å². The van der Waals surface area contributed by atoms with Crippen molar-refractivity contribution in [1.82, 2.24) is 10.9 Å². The summed E-state index contributed by atoms with van der Waals surface area (Å²) in [6.45, 7) is 3.34. The largest absolute Gasteiger partial charge is 0.461 e. The van der Waals surface area contributed by atoms with E-state index in [9.17, 15) is 28.8 Å². The summed E-state index contributed by atoms with van der Waals surface area (Å²) in [5.41, 5.74) is 4.81. The molecule has 1 aromatic carbocycles. The van der Waals surface area contributed by atoms with Crippen LogP contribution in [0.5, 0.6) is 0 Å². The van der Waals surface area contributed by atoms with Crippen LogP contribution >= 0.6 is 0 Å². The molecule has 5 rings (SSSR count). The number of nitrogens with one attached hydrogen (secondary N) is 2. The number of hydrazone groups is 2. The van der Waals surface area contributed by atoms with Crippen LogP contribution in [0.3, 0.4) is 0 Å². The molecule has 0 aliphatic carbocycles. The molecule has 2 fully saturated rings. The zero-order chi connectivity index (χ0) is 25.7. The molecule has 4 heterocycles. The van der Waals surface area contributed by atoms with Gasteiger partial charge in [-0.15, -0.1) is 0 Å². The molecule has 0 unspecified atom stereocenters. The molecule has 36 heavy (non-hydrogen) atoms. The Kier molecular flexibility index (Phi) is 5.50. The van der Waals surface area contributed by atoms with Gasteiger partial charge >= 0.3 is 11.9 Å². The van der Waals surface area contributed by atoms with Crippen molar-refractivity contribution < 1.29 is 38.2 Å². The molecule has 1 aromatic rings. The molecule has 0 aromatic heterocycles. The summed E-state index contributed by atoms with van der Waals surface area (Å²) in [6, 6.07) is 3.55. The minimum atomic E-state index is -1.16. The molecule has 0 saturated carbocycles. The van der Waals surface area contributed by atoms with Gasteiger partial charge in [0, 0.05) is 0 Å². The van der Waals surface area contributed by atoms with Crippen LogP contribution in [0.4, 0.5) is 11.4 Å². The first kappa shape index (κ1) is 23.1. The third-order valence-electron chi connectivity index (χ3n) is 6.17. The van der Waals surface area contributed by atoms with Crippen molar-refractivity contribution in [2.24, 2.45) is 22.0 Å². The first-order valence-corrected chi connectivity index (χ1v) is 11.2. The number of hydrogen-bond donors (Lipinski definition) is 2. The molecule has 4 atom stereocenters. The number of anilines is 2. The molecule has 14 heteroatoms. The van der Waals surface area contributed by atoms with Crippen molar-refractivity contribution in [2.75, 3.05) is 23.0 Å². The van der Waals surface area contributed by atoms with Gasteiger partial charge in [0.25, 0.3) is 11.8 Å². The maximum atomic E-state index is 13.2. The molecular formula is C22H20N6O8. The summed E-state index contributed by atoms with van der Waals surface area (Å²) < 4.78 is 9.85. The Bertz CT molecular complexity index is 1200. The first-order chi connectivity index (χ1) is 17.3. The van der Waals surface area contributed by atoms with E-state index in [4.69, 9.17) is 9.47 Å². The predicted molar refractivity (Wildman–Crippen MR) is 120 cm³/mol. The van der Waals surface area contributed by atoms with Gasteiger partial charge in [-0.3, -0.25) is 30.0 Å². The number of ether oxygens (including phenoxy) is 2. The number of hydrogen-bond acceptors (Lipinski definition) is 12. The summed E-state index contributed by atoms with van der Waals surface area (Å²) in [5.74, 6) is -6.65. The maximum absolute atomic E-state index is 13.2. The number of benzene rings is 1. The van der Waals surface area contributed by atoms with Crippen LogP contribution in [-0.4, -0.2) is 72.3 Å². The quantitative estimate of drug-likeness (QED) is 0.346. The van der Waals surface area contributed by atoms with E-state index in [0.29, 0.717) is 0 Å². The van der Waals surface area contributed by atoms with Crippen LogP contribution in [0.1, 0.15) is 13.8 Å². The topological polar surface area (TPSA) is 176 Å². The average molecular weight is 496 g/mol. The summed E-state index contributed by atoms with van der Waals surface area (Å²) in [7, 11) is 0. The smallest absolute Gasteiger partial charge is 0.355 e. The highest BCUT2D eigenvalue weighted by Crippen LogP contribution is 2.35. The van der Waals surface area contributed by atoms with Crippen LogP contribution < -0.4 is 20.7 Å². The lowest BCUT2D eigenvalue weighted by Crippen LogP contribution is -2.37. The number of imide groups is 2. The monoisotopic (exact) mass is 496 g/mol. The van der Waals surface area contributed by atoms with Crippen LogP contribution in [0.15, 0.2) is 34.5 Å². The van der Waals surface area contributed by atoms with Crippen molar-refractivity contribution in [3.8, 4) is 0 Å². The highest BCUT2D eigenvalue weighted by atomic mass is 16.5. The third-order valence-corrected chi connectivity index (χ3v) is 6.17. The molecule has 0 bridgehead atoms. The Morgan fingerprint density at radius 1 is 0.778 bits per heavy atom. The summed E-state index contributed by atoms with van der Waals surface area (Å²) in [5, 5.41) is 7.61. The van der Waals surface area contributed by atoms with Crippen molar-refractivity contribution in [3.63, 3.8) is 0 Å².